The van der Waals surface area contributed by atoms with Crippen LogP contribution in [0.2, 0.25) is 0 Å². The molecule has 0 saturated heterocycles. The first-order valence-electron chi connectivity index (χ1n) is 33.0. The number of nitrogens with one attached hydrogen (secondary N) is 4. The summed E-state index contributed by atoms with van der Waals surface area (Å²) < 4.78 is 12.9. The molecular formula is C71H143FN6O8. The van der Waals surface area contributed by atoms with Crippen molar-refractivity contribution in [3.63, 3.8) is 0 Å². The van der Waals surface area contributed by atoms with Gasteiger partial charge in [-0.3, -0.25) is 33.3 Å². The van der Waals surface area contributed by atoms with Gasteiger partial charge in [-0.1, -0.05) is 197 Å². The summed E-state index contributed by atoms with van der Waals surface area (Å²) in [5.41, 5.74) is 5.38. The van der Waals surface area contributed by atoms with Gasteiger partial charge < -0.3 is 42.0 Å². The number of unbranched alkanes of at least 4 members (excludes halogenated alkanes) is 1. The number of aliphatic hydroxyl groups excluding tert-OH is 1. The van der Waals surface area contributed by atoms with Crippen molar-refractivity contribution in [1.82, 2.24) is 26.3 Å². The Morgan fingerprint density at radius 1 is 0.558 bits per heavy atom. The van der Waals surface area contributed by atoms with Gasteiger partial charge in [0.05, 0.1) is 31.1 Å². The van der Waals surface area contributed by atoms with E-state index in [-0.39, 0.29) is 87.1 Å². The average molecular weight is 1230 g/mol. The number of alkyl halides is 1. The molecule has 0 bridgehead atoms. The maximum atomic E-state index is 12.9. The summed E-state index contributed by atoms with van der Waals surface area (Å²) in [6.07, 6.45) is 16.2. The van der Waals surface area contributed by atoms with E-state index in [0.29, 0.717) is 98.7 Å². The minimum atomic E-state index is -0.830. The van der Waals surface area contributed by atoms with Crippen LogP contribution in [0.25, 0.3) is 0 Å². The number of Topliss-reactive ketones (excluding diaryl/α,β-unsaturated/α-hetero) is 2. The highest BCUT2D eigenvalue weighted by molar-refractivity contribution is 5.81. The number of carbonyl (C=O) groups is 6. The molecule has 1 rings (SSSR count). The second-order valence-electron chi connectivity index (χ2n) is 25.5. The van der Waals surface area contributed by atoms with Crippen molar-refractivity contribution in [3.05, 3.63) is 30.1 Å². The normalized spacial score (nSPS) is 13.3. The van der Waals surface area contributed by atoms with Gasteiger partial charge in [0.2, 0.25) is 23.6 Å². The first-order chi connectivity index (χ1) is 39.3. The van der Waals surface area contributed by atoms with Crippen LogP contribution in [0.1, 0.15) is 269 Å². The number of aromatic nitrogens is 1. The van der Waals surface area contributed by atoms with Crippen molar-refractivity contribution in [2.45, 2.75) is 276 Å². The largest absolute Gasteiger partial charge is 0.395 e. The molecular weight excluding hydrogens is 1080 g/mol. The third-order valence-electron chi connectivity index (χ3n) is 15.0. The van der Waals surface area contributed by atoms with Crippen molar-refractivity contribution in [2.24, 2.45) is 82.7 Å². The first kappa shape index (κ1) is 95.8. The highest BCUT2D eigenvalue weighted by atomic mass is 19.1. The van der Waals surface area contributed by atoms with E-state index in [1.165, 1.54) is 0 Å². The molecule has 0 aliphatic carbocycles. The Hall–Kier alpha value is -3.82. The molecule has 7 unspecified atom stereocenters. The van der Waals surface area contributed by atoms with Gasteiger partial charge in [-0.15, -0.1) is 0 Å². The molecule has 4 amide bonds. The van der Waals surface area contributed by atoms with E-state index in [0.717, 1.165) is 89.2 Å². The third-order valence-corrected chi connectivity index (χ3v) is 15.0. The van der Waals surface area contributed by atoms with Gasteiger partial charge >= 0.3 is 0 Å². The SMILES string of the molecule is C.C.CCCC(C(=O)CC)C(C)C.CCCC(C(=O)NCC(C)(C)O)C(C)C.CCCC(C(=O)NCCN)C(C)C.CCCC(C(=O)NCCO)C(C)C.CCCC(C(=O)NCc1ccccn1)C(C)C.CCCCC(C(C)C)C(CF)CC(C)=O. The molecule has 0 aliphatic rings. The number of hydrogen-bond donors (Lipinski definition) is 7. The lowest BCUT2D eigenvalue weighted by Crippen LogP contribution is -2.42. The van der Waals surface area contributed by atoms with Crippen LogP contribution in [-0.2, 0) is 35.3 Å². The van der Waals surface area contributed by atoms with Crippen LogP contribution >= 0.6 is 0 Å². The smallest absolute Gasteiger partial charge is 0.223 e. The number of aliphatic hydroxyl groups is 2. The van der Waals surface area contributed by atoms with Gasteiger partial charge in [0.1, 0.15) is 11.6 Å². The molecule has 8 N–H and O–H groups in total. The first-order valence-corrected chi connectivity index (χ1v) is 33.0. The molecule has 512 valence electrons. The fraction of sp³-hybridized carbons (Fsp3) is 0.845. The van der Waals surface area contributed by atoms with E-state index in [1.54, 1.807) is 27.0 Å². The predicted molar refractivity (Wildman–Crippen MR) is 365 cm³/mol. The number of nitrogens with two attached hydrogens (primary N) is 1. The summed E-state index contributed by atoms with van der Waals surface area (Å²) in [7, 11) is 0. The standard InChI is InChI=1S/C14H22N2O.C13H25FO.C12H25NO2.C10H22N2O.C10H21NO2.C10H20O.2CH4/c1-4-7-13(11(2)3)14(17)16-10-12-8-5-6-9-15-12;1-5-6-7-13(10(2)3)12(9-14)8-11(4)15;1-6-7-10(9(2)3)11(14)13-8-12(4,5)15;1-4-5-9(8(2)3)10(13)12-7-6-11;1-4-5-9(8(2)3)10(13)11-6-7-12;1-5-7-9(8(3)4)10(11)6-2;;/h5-6,8-9,11,13H,4,7,10H2,1-3H3,(H,16,17);10,12-13H,5-9H2,1-4H3;9-10,15H,6-8H2,1-5H3,(H,13,14);8-9H,4-7,11H2,1-3H3,(H,12,13);8-9,12H,4-7H2,1-3H3,(H,11,13);8-9H,5-7H2,1-4H3;2*1H4. The highest BCUT2D eigenvalue weighted by Crippen LogP contribution is 2.30. The molecule has 14 nitrogen and oxygen atoms in total. The maximum Gasteiger partial charge on any atom is 0.223 e. The molecule has 0 fully saturated rings. The molecule has 0 saturated carbocycles. The molecule has 1 aromatic heterocycles. The molecule has 86 heavy (non-hydrogen) atoms. The van der Waals surface area contributed by atoms with Gasteiger partial charge in [0.25, 0.3) is 0 Å². The fourth-order valence-corrected chi connectivity index (χ4v) is 9.88. The van der Waals surface area contributed by atoms with E-state index in [4.69, 9.17) is 10.8 Å². The van der Waals surface area contributed by atoms with Crippen LogP contribution in [0, 0.1) is 76.9 Å². The summed E-state index contributed by atoms with van der Waals surface area (Å²) >= 11 is 0. The van der Waals surface area contributed by atoms with Crippen LogP contribution in [0.4, 0.5) is 4.39 Å². The second kappa shape index (κ2) is 60.1. The Kier molecular flexibility index (Phi) is 67.0. The molecule has 1 aromatic rings. The Labute approximate surface area is 530 Å². The molecule has 0 aliphatic heterocycles. The van der Waals surface area contributed by atoms with Crippen molar-refractivity contribution < 1.29 is 43.4 Å². The van der Waals surface area contributed by atoms with Crippen molar-refractivity contribution in [1.29, 1.82) is 0 Å². The topological polar surface area (TPSA) is 230 Å². The molecule has 7 atom stereocenters. The lowest BCUT2D eigenvalue weighted by Gasteiger charge is -2.27. The Bertz CT molecular complexity index is 1720. The van der Waals surface area contributed by atoms with E-state index < -0.39 is 5.60 Å². The minimum absolute atomic E-state index is 0. The third kappa shape index (κ3) is 52.1. The van der Waals surface area contributed by atoms with E-state index in [1.807, 2.05) is 25.1 Å². The van der Waals surface area contributed by atoms with E-state index in [2.05, 4.69) is 151 Å². The van der Waals surface area contributed by atoms with Gasteiger partial charge in [0.15, 0.2) is 0 Å². The maximum absolute atomic E-state index is 12.9. The van der Waals surface area contributed by atoms with E-state index in [9.17, 15) is 38.3 Å². The lowest BCUT2D eigenvalue weighted by molar-refractivity contribution is -0.128. The summed E-state index contributed by atoms with van der Waals surface area (Å²) in [4.78, 5) is 73.5. The number of ketones is 2. The number of pyridine rings is 1. The Balaban J connectivity index is -0.000000174. The predicted octanol–water partition coefficient (Wildman–Crippen LogP) is 15.3. The van der Waals surface area contributed by atoms with Gasteiger partial charge in [-0.05, 0) is 119 Å². The summed E-state index contributed by atoms with van der Waals surface area (Å²) in [6, 6.07) is 5.73. The molecule has 15 heteroatoms. The zero-order valence-corrected chi connectivity index (χ0v) is 58.1. The number of halogens is 1. The molecule has 1 heterocycles. The van der Waals surface area contributed by atoms with Crippen molar-refractivity contribution >= 4 is 35.2 Å². The van der Waals surface area contributed by atoms with Gasteiger partial charge in [-0.25, -0.2) is 0 Å². The number of carbonyl (C=O) groups excluding carboxylic acids is 6. The minimum Gasteiger partial charge on any atom is -0.395 e. The zero-order chi connectivity index (χ0) is 66.0. The zero-order valence-electron chi connectivity index (χ0n) is 58.1. The van der Waals surface area contributed by atoms with E-state index >= 15 is 0 Å². The number of nitrogens with zero attached hydrogens (tertiary/aromatic N) is 1. The fourth-order valence-electron chi connectivity index (χ4n) is 9.88. The monoisotopic (exact) mass is 1230 g/mol. The number of hydrogen-bond acceptors (Lipinski definition) is 10. The van der Waals surface area contributed by atoms with Crippen molar-refractivity contribution in [3.8, 4) is 0 Å². The number of amides is 4. The highest BCUT2D eigenvalue weighted by Gasteiger charge is 2.27. The molecule has 0 aromatic carbocycles. The van der Waals surface area contributed by atoms with Gasteiger partial charge in [-0.2, -0.15) is 0 Å². The molecule has 0 spiro atoms. The second-order valence-corrected chi connectivity index (χ2v) is 25.5. The number of rotatable bonds is 37. The van der Waals surface area contributed by atoms with Crippen LogP contribution in [-0.4, -0.2) is 95.5 Å². The van der Waals surface area contributed by atoms with Gasteiger partial charge in [0, 0.05) is 74.8 Å². The van der Waals surface area contributed by atoms with Crippen molar-refractivity contribution in [2.75, 3.05) is 39.5 Å². The van der Waals surface area contributed by atoms with Crippen LogP contribution in [0.3, 0.4) is 0 Å². The Morgan fingerprint density at radius 3 is 1.23 bits per heavy atom. The van der Waals surface area contributed by atoms with Crippen LogP contribution < -0.4 is 27.0 Å². The van der Waals surface area contributed by atoms with Crippen LogP contribution in [0.5, 0.6) is 0 Å². The summed E-state index contributed by atoms with van der Waals surface area (Å²) in [6.45, 7) is 46.6. The van der Waals surface area contributed by atoms with Crippen LogP contribution in [0.15, 0.2) is 24.4 Å². The lowest BCUT2D eigenvalue weighted by atomic mass is 9.78. The summed E-state index contributed by atoms with van der Waals surface area (Å²) in [5, 5.41) is 29.4. The summed E-state index contributed by atoms with van der Waals surface area (Å²) in [5.74, 6) is 4.53. The average Bonchev–Trinajstić information content (AvgIpc) is 3.57. The quantitative estimate of drug-likeness (QED) is 0.0333. The molecule has 0 radical (unpaired) electrons. The Morgan fingerprint density at radius 2 is 0.942 bits per heavy atom.